The molecule has 29 heavy (non-hydrogen) atoms. The third-order valence-corrected chi connectivity index (χ3v) is 5.27. The molecular formula is C23H24N4O2. The fourth-order valence-corrected chi connectivity index (χ4v) is 3.56. The Labute approximate surface area is 169 Å². The van der Waals surface area contributed by atoms with Gasteiger partial charge in [-0.25, -0.2) is 4.68 Å². The number of rotatable bonds is 4. The summed E-state index contributed by atoms with van der Waals surface area (Å²) in [6, 6.07) is 15.5. The van der Waals surface area contributed by atoms with Crippen molar-refractivity contribution in [3.8, 4) is 5.69 Å². The highest BCUT2D eigenvalue weighted by atomic mass is 16.2. The Hall–Kier alpha value is -3.41. The van der Waals surface area contributed by atoms with Gasteiger partial charge in [0.05, 0.1) is 11.7 Å². The van der Waals surface area contributed by atoms with Gasteiger partial charge >= 0.3 is 0 Å². The smallest absolute Gasteiger partial charge is 0.272 e. The maximum atomic E-state index is 12.8. The van der Waals surface area contributed by atoms with Crippen LogP contribution in [0.3, 0.4) is 0 Å². The monoisotopic (exact) mass is 388 g/mol. The lowest BCUT2D eigenvalue weighted by Crippen LogP contribution is -2.27. The lowest BCUT2D eigenvalue weighted by Gasteiger charge is -2.20. The van der Waals surface area contributed by atoms with E-state index in [4.69, 9.17) is 0 Å². The Bertz CT molecular complexity index is 1080. The van der Waals surface area contributed by atoms with E-state index in [1.165, 1.54) is 5.56 Å². The zero-order valence-electron chi connectivity index (χ0n) is 16.8. The first kappa shape index (κ1) is 18.9. The zero-order chi connectivity index (χ0) is 20.5. The van der Waals surface area contributed by atoms with Crippen LogP contribution >= 0.6 is 0 Å². The summed E-state index contributed by atoms with van der Waals surface area (Å²) in [5, 5.41) is 10.4. The SMILES string of the molecule is Cc1ccc(-n2nc(C(=O)NC(C)c3ccc4c(c3)CCC(=O)N4)cc2C)cc1. The van der Waals surface area contributed by atoms with Gasteiger partial charge in [0.25, 0.3) is 5.91 Å². The van der Waals surface area contributed by atoms with Crippen molar-refractivity contribution in [3.05, 3.63) is 76.6 Å². The van der Waals surface area contributed by atoms with E-state index in [1.807, 2.05) is 57.2 Å². The largest absolute Gasteiger partial charge is 0.344 e. The van der Waals surface area contributed by atoms with Gasteiger partial charge in [-0.15, -0.1) is 0 Å². The van der Waals surface area contributed by atoms with Crippen LogP contribution in [0, 0.1) is 13.8 Å². The maximum absolute atomic E-state index is 12.8. The van der Waals surface area contributed by atoms with Crippen molar-refractivity contribution in [2.45, 2.75) is 39.7 Å². The third kappa shape index (κ3) is 3.92. The number of hydrogen-bond donors (Lipinski definition) is 2. The summed E-state index contributed by atoms with van der Waals surface area (Å²) in [7, 11) is 0. The van der Waals surface area contributed by atoms with Crippen molar-refractivity contribution in [1.29, 1.82) is 0 Å². The third-order valence-electron chi connectivity index (χ3n) is 5.27. The van der Waals surface area contributed by atoms with E-state index in [2.05, 4.69) is 21.8 Å². The summed E-state index contributed by atoms with van der Waals surface area (Å²) in [4.78, 5) is 24.3. The van der Waals surface area contributed by atoms with Gasteiger partial charge in [-0.2, -0.15) is 5.10 Å². The molecule has 148 valence electrons. The first-order chi connectivity index (χ1) is 13.9. The second kappa shape index (κ2) is 7.54. The molecule has 0 saturated carbocycles. The summed E-state index contributed by atoms with van der Waals surface area (Å²) in [5.41, 5.74) is 6.35. The number of amides is 2. The number of anilines is 1. The van der Waals surface area contributed by atoms with Crippen LogP contribution in [0.25, 0.3) is 5.69 Å². The second-order valence-corrected chi connectivity index (χ2v) is 7.58. The van der Waals surface area contributed by atoms with Gasteiger partial charge in [0, 0.05) is 17.8 Å². The van der Waals surface area contributed by atoms with Gasteiger partial charge < -0.3 is 10.6 Å². The molecule has 4 rings (SSSR count). The summed E-state index contributed by atoms with van der Waals surface area (Å²) >= 11 is 0. The van der Waals surface area contributed by atoms with E-state index >= 15 is 0 Å². The predicted octanol–water partition coefficient (Wildman–Crippen LogP) is 3.86. The lowest BCUT2D eigenvalue weighted by molar-refractivity contribution is -0.116. The van der Waals surface area contributed by atoms with Crippen LogP contribution in [0.1, 0.15) is 52.3 Å². The number of benzene rings is 2. The molecule has 2 heterocycles. The van der Waals surface area contributed by atoms with E-state index in [1.54, 1.807) is 10.7 Å². The van der Waals surface area contributed by atoms with E-state index in [0.717, 1.165) is 34.6 Å². The number of nitrogens with zero attached hydrogens (tertiary/aromatic N) is 2. The van der Waals surface area contributed by atoms with Crippen LogP contribution in [0.4, 0.5) is 5.69 Å². The van der Waals surface area contributed by atoms with Crippen LogP contribution < -0.4 is 10.6 Å². The molecule has 6 nitrogen and oxygen atoms in total. The first-order valence-electron chi connectivity index (χ1n) is 9.78. The molecule has 1 unspecified atom stereocenters. The molecule has 2 amide bonds. The van der Waals surface area contributed by atoms with Gasteiger partial charge in [0.2, 0.25) is 5.91 Å². The summed E-state index contributed by atoms with van der Waals surface area (Å²) in [5.74, 6) is -0.163. The Kier molecular flexibility index (Phi) is 4.92. The molecule has 0 saturated heterocycles. The molecule has 0 aliphatic carbocycles. The van der Waals surface area contributed by atoms with Gasteiger partial charge in [-0.3, -0.25) is 9.59 Å². The van der Waals surface area contributed by atoms with Gasteiger partial charge in [0.15, 0.2) is 5.69 Å². The lowest BCUT2D eigenvalue weighted by atomic mass is 9.98. The number of aromatic nitrogens is 2. The van der Waals surface area contributed by atoms with Crippen molar-refractivity contribution in [3.63, 3.8) is 0 Å². The Morgan fingerprint density at radius 3 is 2.62 bits per heavy atom. The standard InChI is InChI=1S/C23H24N4O2/c1-14-4-8-19(9-5-14)27-15(2)12-21(26-27)23(29)24-16(3)17-6-10-20-18(13-17)7-11-22(28)25-20/h4-6,8-10,12-13,16H,7,11H2,1-3H3,(H,24,29)(H,25,28). The fraction of sp³-hybridized carbons (Fsp3) is 0.261. The Balaban J connectivity index is 1.50. The number of aryl methyl sites for hydroxylation is 3. The minimum atomic E-state index is -0.211. The molecular weight excluding hydrogens is 364 g/mol. The van der Waals surface area contributed by atoms with Crippen molar-refractivity contribution in [1.82, 2.24) is 15.1 Å². The predicted molar refractivity (Wildman–Crippen MR) is 112 cm³/mol. The molecule has 0 fully saturated rings. The fourth-order valence-electron chi connectivity index (χ4n) is 3.56. The number of fused-ring (bicyclic) bond motifs is 1. The average Bonchev–Trinajstić information content (AvgIpc) is 3.10. The highest BCUT2D eigenvalue weighted by Gasteiger charge is 2.19. The van der Waals surface area contributed by atoms with Crippen LogP contribution in [-0.4, -0.2) is 21.6 Å². The highest BCUT2D eigenvalue weighted by molar-refractivity contribution is 5.94. The normalized spacial score (nSPS) is 14.1. The van der Waals surface area contributed by atoms with Gasteiger partial charge in [0.1, 0.15) is 0 Å². The number of carbonyl (C=O) groups excluding carboxylic acids is 2. The molecule has 1 atom stereocenters. The van der Waals surface area contributed by atoms with Crippen molar-refractivity contribution < 1.29 is 9.59 Å². The molecule has 1 aromatic heterocycles. The molecule has 1 aliphatic heterocycles. The van der Waals surface area contributed by atoms with Crippen molar-refractivity contribution in [2.75, 3.05) is 5.32 Å². The Morgan fingerprint density at radius 2 is 1.86 bits per heavy atom. The first-order valence-corrected chi connectivity index (χ1v) is 9.78. The molecule has 1 aliphatic rings. The molecule has 2 N–H and O–H groups in total. The van der Waals surface area contributed by atoms with Crippen LogP contribution in [0.15, 0.2) is 48.5 Å². The number of nitrogens with one attached hydrogen (secondary N) is 2. The van der Waals surface area contributed by atoms with Crippen LogP contribution in [0.5, 0.6) is 0 Å². The summed E-state index contributed by atoms with van der Waals surface area (Å²) in [6.45, 7) is 5.92. The van der Waals surface area contributed by atoms with E-state index < -0.39 is 0 Å². The molecule has 2 aromatic carbocycles. The van der Waals surface area contributed by atoms with Crippen molar-refractivity contribution in [2.24, 2.45) is 0 Å². The van der Waals surface area contributed by atoms with E-state index in [0.29, 0.717) is 12.1 Å². The Morgan fingerprint density at radius 1 is 1.10 bits per heavy atom. The average molecular weight is 388 g/mol. The molecule has 0 bridgehead atoms. The minimum Gasteiger partial charge on any atom is -0.344 e. The molecule has 0 spiro atoms. The van der Waals surface area contributed by atoms with Crippen LogP contribution in [-0.2, 0) is 11.2 Å². The minimum absolute atomic E-state index is 0.0473. The number of carbonyl (C=O) groups is 2. The van der Waals surface area contributed by atoms with Gasteiger partial charge in [-0.1, -0.05) is 29.8 Å². The van der Waals surface area contributed by atoms with Crippen molar-refractivity contribution >= 4 is 17.5 Å². The molecule has 0 radical (unpaired) electrons. The quantitative estimate of drug-likeness (QED) is 0.712. The summed E-state index contributed by atoms with van der Waals surface area (Å²) in [6.07, 6.45) is 1.21. The van der Waals surface area contributed by atoms with E-state index in [9.17, 15) is 9.59 Å². The van der Waals surface area contributed by atoms with Gasteiger partial charge in [-0.05, 0) is 62.6 Å². The molecule has 3 aromatic rings. The van der Waals surface area contributed by atoms with Crippen LogP contribution in [0.2, 0.25) is 0 Å². The summed E-state index contributed by atoms with van der Waals surface area (Å²) < 4.78 is 1.78. The number of hydrogen-bond acceptors (Lipinski definition) is 3. The maximum Gasteiger partial charge on any atom is 0.272 e. The topological polar surface area (TPSA) is 76.0 Å². The second-order valence-electron chi connectivity index (χ2n) is 7.58. The highest BCUT2D eigenvalue weighted by Crippen LogP contribution is 2.26. The molecule has 6 heteroatoms. The zero-order valence-corrected chi connectivity index (χ0v) is 16.8. The van der Waals surface area contributed by atoms with E-state index in [-0.39, 0.29) is 17.9 Å².